The van der Waals surface area contributed by atoms with Gasteiger partial charge in [0.05, 0.1) is 12.9 Å². The predicted molar refractivity (Wildman–Crippen MR) is 56.3 cm³/mol. The highest BCUT2D eigenvalue weighted by Crippen LogP contribution is 2.16. The first-order valence-electron chi connectivity index (χ1n) is 4.71. The van der Waals surface area contributed by atoms with Crippen molar-refractivity contribution < 1.29 is 9.53 Å². The molecule has 0 spiro atoms. The van der Waals surface area contributed by atoms with E-state index in [9.17, 15) is 4.79 Å². The molecule has 0 radical (unpaired) electrons. The zero-order valence-corrected chi connectivity index (χ0v) is 8.68. The Balaban J connectivity index is 1.98. The summed E-state index contributed by atoms with van der Waals surface area (Å²) in [6, 6.07) is 1.99. The fraction of sp³-hybridized carbons (Fsp3) is 0.364. The van der Waals surface area contributed by atoms with Gasteiger partial charge in [0.25, 0.3) is 0 Å². The quantitative estimate of drug-likeness (QED) is 0.763. The second kappa shape index (κ2) is 4.42. The lowest BCUT2D eigenvalue weighted by Gasteiger charge is -2.11. The fourth-order valence-corrected chi connectivity index (χ4v) is 2.13. The molecule has 1 aromatic heterocycles. The van der Waals surface area contributed by atoms with Gasteiger partial charge in [0.15, 0.2) is 5.78 Å². The molecule has 2 nitrogen and oxygen atoms in total. The number of ketones is 1. The molecule has 0 saturated heterocycles. The largest absolute Gasteiger partial charge is 0.501 e. The number of Topliss-reactive ketones (excluding diaryl/α,β-unsaturated/α-hetero) is 1. The normalized spacial score (nSPS) is 15.9. The molecule has 2 rings (SSSR count). The topological polar surface area (TPSA) is 26.3 Å². The Kier molecular flexibility index (Phi) is 2.99. The molecular weight excluding hydrogens is 196 g/mol. The number of rotatable bonds is 3. The molecule has 0 aliphatic carbocycles. The Morgan fingerprint density at radius 1 is 1.57 bits per heavy atom. The number of carbonyl (C=O) groups is 1. The number of carbonyl (C=O) groups excluding carboxylic acids is 1. The lowest BCUT2D eigenvalue weighted by Crippen LogP contribution is -2.10. The molecule has 0 aromatic carbocycles. The molecule has 0 bridgehead atoms. The highest BCUT2D eigenvalue weighted by atomic mass is 32.1. The summed E-state index contributed by atoms with van der Waals surface area (Å²) in [6.45, 7) is 0.745. The summed E-state index contributed by atoms with van der Waals surface area (Å²) >= 11 is 1.63. The Bertz CT molecular complexity index is 338. The summed E-state index contributed by atoms with van der Waals surface area (Å²) in [6.07, 6.45) is 3.96. The van der Waals surface area contributed by atoms with E-state index < -0.39 is 0 Å². The summed E-state index contributed by atoms with van der Waals surface area (Å²) in [5.74, 6) is 0.197. The lowest BCUT2D eigenvalue weighted by molar-refractivity contribution is -0.115. The second-order valence-electron chi connectivity index (χ2n) is 3.35. The van der Waals surface area contributed by atoms with Crippen molar-refractivity contribution in [1.82, 2.24) is 0 Å². The Hall–Kier alpha value is -1.09. The van der Waals surface area contributed by atoms with E-state index in [2.05, 4.69) is 0 Å². The van der Waals surface area contributed by atoms with E-state index >= 15 is 0 Å². The van der Waals surface area contributed by atoms with E-state index in [-0.39, 0.29) is 5.78 Å². The molecule has 74 valence electrons. The molecular formula is C11H12O2S. The zero-order chi connectivity index (χ0) is 9.80. The lowest BCUT2D eigenvalue weighted by atomic mass is 10.0. The maximum Gasteiger partial charge on any atom is 0.166 e. The Morgan fingerprint density at radius 2 is 2.50 bits per heavy atom. The zero-order valence-electron chi connectivity index (χ0n) is 7.86. The monoisotopic (exact) mass is 208 g/mol. The van der Waals surface area contributed by atoms with Gasteiger partial charge in [-0.3, -0.25) is 4.79 Å². The SMILES string of the molecule is O=C(Cc1ccsc1)C1=COCCC1. The molecule has 1 aromatic rings. The summed E-state index contributed by atoms with van der Waals surface area (Å²) < 4.78 is 5.14. The van der Waals surface area contributed by atoms with Gasteiger partial charge in [-0.2, -0.15) is 11.3 Å². The van der Waals surface area contributed by atoms with Crippen molar-refractivity contribution in [3.05, 3.63) is 34.2 Å². The molecule has 1 aliphatic rings. The van der Waals surface area contributed by atoms with Crippen LogP contribution in [0.2, 0.25) is 0 Å². The molecule has 2 heterocycles. The number of hydrogen-bond donors (Lipinski definition) is 0. The van der Waals surface area contributed by atoms with Gasteiger partial charge in [-0.1, -0.05) is 0 Å². The maximum atomic E-state index is 11.7. The van der Waals surface area contributed by atoms with Crippen LogP contribution in [-0.4, -0.2) is 12.4 Å². The summed E-state index contributed by atoms with van der Waals surface area (Å²) in [5, 5.41) is 4.01. The summed E-state index contributed by atoms with van der Waals surface area (Å²) in [7, 11) is 0. The average Bonchev–Trinajstić information content (AvgIpc) is 2.72. The van der Waals surface area contributed by atoms with Gasteiger partial charge in [0, 0.05) is 12.0 Å². The molecule has 0 unspecified atom stereocenters. The number of thiophene rings is 1. The van der Waals surface area contributed by atoms with E-state index in [0.29, 0.717) is 6.42 Å². The number of ether oxygens (including phenoxy) is 1. The standard InChI is InChI=1S/C11H12O2S/c12-11(6-9-3-5-14-8-9)10-2-1-4-13-7-10/h3,5,7-8H,1-2,4,6H2. The molecule has 1 aliphatic heterocycles. The van der Waals surface area contributed by atoms with Gasteiger partial charge >= 0.3 is 0 Å². The minimum Gasteiger partial charge on any atom is -0.501 e. The molecule has 0 atom stereocenters. The third kappa shape index (κ3) is 2.23. The van der Waals surface area contributed by atoms with Crippen LogP contribution in [0.25, 0.3) is 0 Å². The maximum absolute atomic E-state index is 11.7. The predicted octanol–water partition coefficient (Wildman–Crippen LogP) is 2.55. The summed E-state index contributed by atoms with van der Waals surface area (Å²) in [4.78, 5) is 11.7. The van der Waals surface area contributed by atoms with Gasteiger partial charge in [0.1, 0.15) is 0 Å². The van der Waals surface area contributed by atoms with Crippen LogP contribution in [0.3, 0.4) is 0 Å². The van der Waals surface area contributed by atoms with Crippen LogP contribution in [0.5, 0.6) is 0 Å². The molecule has 0 saturated carbocycles. The van der Waals surface area contributed by atoms with Crippen LogP contribution < -0.4 is 0 Å². The van der Waals surface area contributed by atoms with Crippen LogP contribution in [0, 0.1) is 0 Å². The van der Waals surface area contributed by atoms with E-state index in [4.69, 9.17) is 4.74 Å². The third-order valence-electron chi connectivity index (χ3n) is 2.24. The van der Waals surface area contributed by atoms with Gasteiger partial charge in [-0.25, -0.2) is 0 Å². The van der Waals surface area contributed by atoms with Crippen LogP contribution >= 0.6 is 11.3 Å². The molecule has 0 amide bonds. The van der Waals surface area contributed by atoms with Crippen molar-refractivity contribution in [2.75, 3.05) is 6.61 Å². The first kappa shape index (κ1) is 9.46. The molecule has 14 heavy (non-hydrogen) atoms. The molecule has 3 heteroatoms. The van der Waals surface area contributed by atoms with Crippen molar-refractivity contribution in [2.24, 2.45) is 0 Å². The van der Waals surface area contributed by atoms with E-state index in [1.807, 2.05) is 16.8 Å². The minimum atomic E-state index is 0.197. The van der Waals surface area contributed by atoms with E-state index in [1.165, 1.54) is 0 Å². The van der Waals surface area contributed by atoms with Crippen molar-refractivity contribution >= 4 is 17.1 Å². The van der Waals surface area contributed by atoms with Gasteiger partial charge in [0.2, 0.25) is 0 Å². The van der Waals surface area contributed by atoms with Crippen molar-refractivity contribution in [2.45, 2.75) is 19.3 Å². The summed E-state index contributed by atoms with van der Waals surface area (Å²) in [5.41, 5.74) is 1.94. The smallest absolute Gasteiger partial charge is 0.166 e. The van der Waals surface area contributed by atoms with Crippen LogP contribution in [0.1, 0.15) is 18.4 Å². The third-order valence-corrected chi connectivity index (χ3v) is 2.97. The second-order valence-corrected chi connectivity index (χ2v) is 4.13. The van der Waals surface area contributed by atoms with Gasteiger partial charge in [-0.15, -0.1) is 0 Å². The van der Waals surface area contributed by atoms with Crippen LogP contribution in [0.15, 0.2) is 28.7 Å². The van der Waals surface area contributed by atoms with Crippen LogP contribution in [0.4, 0.5) is 0 Å². The van der Waals surface area contributed by atoms with Gasteiger partial charge < -0.3 is 4.74 Å². The average molecular weight is 208 g/mol. The first-order chi connectivity index (χ1) is 6.86. The minimum absolute atomic E-state index is 0.197. The number of hydrogen-bond acceptors (Lipinski definition) is 3. The highest BCUT2D eigenvalue weighted by molar-refractivity contribution is 7.08. The van der Waals surface area contributed by atoms with E-state index in [0.717, 1.165) is 30.6 Å². The van der Waals surface area contributed by atoms with E-state index in [1.54, 1.807) is 17.6 Å². The highest BCUT2D eigenvalue weighted by Gasteiger charge is 2.13. The van der Waals surface area contributed by atoms with Crippen molar-refractivity contribution in [3.63, 3.8) is 0 Å². The molecule has 0 N–H and O–H groups in total. The van der Waals surface area contributed by atoms with Crippen LogP contribution in [-0.2, 0) is 16.0 Å². The number of allylic oxidation sites excluding steroid dienone is 1. The Labute approximate surface area is 87.2 Å². The van der Waals surface area contributed by atoms with Crippen molar-refractivity contribution in [1.29, 1.82) is 0 Å². The first-order valence-corrected chi connectivity index (χ1v) is 5.65. The Morgan fingerprint density at radius 3 is 3.14 bits per heavy atom. The fourth-order valence-electron chi connectivity index (χ4n) is 1.46. The van der Waals surface area contributed by atoms with Crippen molar-refractivity contribution in [3.8, 4) is 0 Å². The molecule has 0 fully saturated rings. The van der Waals surface area contributed by atoms with Gasteiger partial charge in [-0.05, 0) is 35.2 Å².